The first-order valence-corrected chi connectivity index (χ1v) is 13.0. The summed E-state index contributed by atoms with van der Waals surface area (Å²) in [6.07, 6.45) is 3.31. The highest BCUT2D eigenvalue weighted by molar-refractivity contribution is 7.89. The summed E-state index contributed by atoms with van der Waals surface area (Å²) in [5, 5.41) is 7.47. The van der Waals surface area contributed by atoms with Crippen LogP contribution in [-0.4, -0.2) is 82.9 Å². The molecule has 180 valence electrons. The minimum absolute atomic E-state index is 0.0433. The molecule has 2 fully saturated rings. The molecule has 0 bridgehead atoms. The van der Waals surface area contributed by atoms with Crippen LogP contribution in [0.4, 0.5) is 0 Å². The zero-order chi connectivity index (χ0) is 23.7. The fourth-order valence-electron chi connectivity index (χ4n) is 4.77. The van der Waals surface area contributed by atoms with Crippen LogP contribution >= 0.6 is 0 Å². The van der Waals surface area contributed by atoms with Crippen molar-refractivity contribution in [3.05, 3.63) is 58.6 Å². The van der Waals surface area contributed by atoms with Crippen molar-refractivity contribution in [1.29, 1.82) is 0 Å². The van der Waals surface area contributed by atoms with Crippen LogP contribution in [0.5, 0.6) is 0 Å². The van der Waals surface area contributed by atoms with E-state index in [2.05, 4.69) is 20.1 Å². The van der Waals surface area contributed by atoms with E-state index in [0.717, 1.165) is 42.5 Å². The van der Waals surface area contributed by atoms with E-state index < -0.39 is 10.0 Å². The number of nitrogens with zero attached hydrogens (tertiary/aromatic N) is 4. The molecule has 10 nitrogen and oxygen atoms in total. The Labute approximate surface area is 197 Å². The summed E-state index contributed by atoms with van der Waals surface area (Å²) >= 11 is 0. The third kappa shape index (κ3) is 4.63. The van der Waals surface area contributed by atoms with Crippen molar-refractivity contribution < 1.29 is 13.2 Å². The second-order valence-corrected chi connectivity index (χ2v) is 10.9. The molecule has 0 unspecified atom stereocenters. The van der Waals surface area contributed by atoms with Crippen LogP contribution in [0, 0.1) is 5.92 Å². The molecule has 0 atom stereocenters. The van der Waals surface area contributed by atoms with Crippen LogP contribution in [0.3, 0.4) is 0 Å². The molecule has 2 aliphatic rings. The van der Waals surface area contributed by atoms with Crippen molar-refractivity contribution in [2.45, 2.75) is 24.3 Å². The van der Waals surface area contributed by atoms with Gasteiger partial charge in [0.1, 0.15) is 0 Å². The van der Waals surface area contributed by atoms with Gasteiger partial charge in [-0.3, -0.25) is 14.5 Å². The quantitative estimate of drug-likeness (QED) is 0.557. The van der Waals surface area contributed by atoms with Gasteiger partial charge < -0.3 is 9.88 Å². The Morgan fingerprint density at radius 2 is 1.76 bits per heavy atom. The number of sulfonamides is 1. The number of fused-ring (bicyclic) bond motifs is 1. The molecule has 2 aromatic heterocycles. The predicted octanol–water partition coefficient (Wildman–Crippen LogP) is 0.996. The maximum absolute atomic E-state index is 13.1. The predicted molar refractivity (Wildman–Crippen MR) is 126 cm³/mol. The van der Waals surface area contributed by atoms with Gasteiger partial charge in [-0.1, -0.05) is 6.07 Å². The number of carbonyl (C=O) groups excluding carboxylic acids is 1. The number of aromatic amines is 2. The number of benzene rings is 1. The number of likely N-dealkylation sites (tertiary alicyclic amines) is 1. The van der Waals surface area contributed by atoms with Gasteiger partial charge in [-0.05, 0) is 55.6 Å². The normalized spacial score (nSPS) is 19.0. The Bertz CT molecular complexity index is 1310. The lowest BCUT2D eigenvalue weighted by Gasteiger charge is -2.38. The van der Waals surface area contributed by atoms with Crippen molar-refractivity contribution in [2.75, 3.05) is 39.3 Å². The first-order valence-electron chi connectivity index (χ1n) is 11.5. The molecule has 3 aromatic rings. The first kappa shape index (κ1) is 22.8. The molecule has 2 aliphatic heterocycles. The zero-order valence-electron chi connectivity index (χ0n) is 18.8. The number of rotatable bonds is 5. The first-order chi connectivity index (χ1) is 16.4. The molecule has 11 heteroatoms. The average Bonchev–Trinajstić information content (AvgIpc) is 3.34. The molecule has 5 rings (SSSR count). The number of piperazine rings is 1. The molecular formula is C23H28N6O4S. The van der Waals surface area contributed by atoms with Gasteiger partial charge in [0.2, 0.25) is 15.9 Å². The minimum atomic E-state index is -3.60. The number of hydrogen-bond donors (Lipinski definition) is 2. The van der Waals surface area contributed by atoms with E-state index in [1.807, 2.05) is 11.0 Å². The Balaban J connectivity index is 1.14. The lowest BCUT2D eigenvalue weighted by atomic mass is 9.95. The Kier molecular flexibility index (Phi) is 6.24. The van der Waals surface area contributed by atoms with Gasteiger partial charge in [0, 0.05) is 56.4 Å². The fourth-order valence-corrected chi connectivity index (χ4v) is 6.22. The third-order valence-electron chi connectivity index (χ3n) is 6.77. The topological polar surface area (TPSA) is 122 Å². The van der Waals surface area contributed by atoms with Gasteiger partial charge >= 0.3 is 0 Å². The summed E-state index contributed by atoms with van der Waals surface area (Å²) in [5.41, 5.74) is 1.37. The van der Waals surface area contributed by atoms with Gasteiger partial charge in [-0.15, -0.1) is 0 Å². The van der Waals surface area contributed by atoms with Crippen LogP contribution in [0.25, 0.3) is 10.9 Å². The summed E-state index contributed by atoms with van der Waals surface area (Å²) in [6, 6.07) is 10.2. The monoisotopic (exact) mass is 484 g/mol. The maximum atomic E-state index is 13.1. The van der Waals surface area contributed by atoms with Crippen molar-refractivity contribution in [2.24, 2.45) is 5.92 Å². The van der Waals surface area contributed by atoms with Crippen LogP contribution < -0.4 is 5.56 Å². The second kappa shape index (κ2) is 9.32. The number of aromatic nitrogens is 3. The van der Waals surface area contributed by atoms with Crippen LogP contribution in [-0.2, 0) is 21.4 Å². The van der Waals surface area contributed by atoms with E-state index in [-0.39, 0.29) is 22.3 Å². The van der Waals surface area contributed by atoms with Crippen molar-refractivity contribution in [3.8, 4) is 0 Å². The molecule has 0 spiro atoms. The molecule has 2 saturated heterocycles. The molecule has 1 aromatic carbocycles. The van der Waals surface area contributed by atoms with Gasteiger partial charge in [-0.2, -0.15) is 9.40 Å². The summed E-state index contributed by atoms with van der Waals surface area (Å²) in [5.74, 6) is 0.0740. The van der Waals surface area contributed by atoms with E-state index in [4.69, 9.17) is 0 Å². The lowest BCUT2D eigenvalue weighted by Crippen LogP contribution is -2.52. The molecule has 0 aliphatic carbocycles. The highest BCUT2D eigenvalue weighted by Crippen LogP contribution is 2.24. The largest absolute Gasteiger partial charge is 0.361 e. The van der Waals surface area contributed by atoms with Crippen molar-refractivity contribution in [1.82, 2.24) is 29.3 Å². The summed E-state index contributed by atoms with van der Waals surface area (Å²) in [7, 11) is -3.60. The fraction of sp³-hybridized carbons (Fsp3) is 0.435. The SMILES string of the molecule is O=C(C1CCN(Cc2ccc(=O)[nH]n2)CC1)N1CCN(S(=O)(=O)c2ccc3cc[nH]c3c2)CC1. The maximum Gasteiger partial charge on any atom is 0.264 e. The number of amides is 1. The standard InChI is InChI=1S/C23H28N6O4S/c30-22-4-2-19(25-26-22)16-27-9-6-18(7-10-27)23(31)28-11-13-29(14-12-28)34(32,33)20-3-1-17-5-8-24-21(17)15-20/h1-5,8,15,18,24H,6-7,9-14,16H2,(H,26,30). The Hall–Kier alpha value is -3.02. The zero-order valence-corrected chi connectivity index (χ0v) is 19.6. The lowest BCUT2D eigenvalue weighted by molar-refractivity contribution is -0.138. The minimum Gasteiger partial charge on any atom is -0.361 e. The van der Waals surface area contributed by atoms with Crippen LogP contribution in [0.2, 0.25) is 0 Å². The molecule has 1 amide bonds. The Morgan fingerprint density at radius 1 is 1.00 bits per heavy atom. The summed E-state index contributed by atoms with van der Waals surface area (Å²) in [6.45, 7) is 3.62. The number of H-pyrrole nitrogens is 2. The van der Waals surface area contributed by atoms with Gasteiger partial charge in [0.25, 0.3) is 5.56 Å². The van der Waals surface area contributed by atoms with Gasteiger partial charge in [-0.25, -0.2) is 13.5 Å². The number of piperidine rings is 1. The number of carbonyl (C=O) groups is 1. The van der Waals surface area contributed by atoms with E-state index in [0.29, 0.717) is 32.7 Å². The molecule has 0 saturated carbocycles. The van der Waals surface area contributed by atoms with E-state index in [9.17, 15) is 18.0 Å². The smallest absolute Gasteiger partial charge is 0.264 e. The molecule has 34 heavy (non-hydrogen) atoms. The van der Waals surface area contributed by atoms with Crippen molar-refractivity contribution >= 4 is 26.8 Å². The van der Waals surface area contributed by atoms with Crippen molar-refractivity contribution in [3.63, 3.8) is 0 Å². The third-order valence-corrected chi connectivity index (χ3v) is 8.67. The molecule has 4 heterocycles. The highest BCUT2D eigenvalue weighted by atomic mass is 32.2. The molecular weight excluding hydrogens is 456 g/mol. The average molecular weight is 485 g/mol. The van der Waals surface area contributed by atoms with E-state index in [1.165, 1.54) is 10.4 Å². The number of nitrogens with one attached hydrogen (secondary N) is 2. The molecule has 2 N–H and O–H groups in total. The molecule has 0 radical (unpaired) electrons. The highest BCUT2D eigenvalue weighted by Gasteiger charge is 2.34. The van der Waals surface area contributed by atoms with Crippen LogP contribution in [0.1, 0.15) is 18.5 Å². The van der Waals surface area contributed by atoms with Gasteiger partial charge in [0.05, 0.1) is 10.6 Å². The number of hydrogen-bond acceptors (Lipinski definition) is 6. The van der Waals surface area contributed by atoms with E-state index >= 15 is 0 Å². The van der Waals surface area contributed by atoms with Gasteiger partial charge in [0.15, 0.2) is 0 Å². The summed E-state index contributed by atoms with van der Waals surface area (Å²) in [4.78, 5) is 31.6. The Morgan fingerprint density at radius 3 is 2.47 bits per heavy atom. The van der Waals surface area contributed by atoms with Crippen LogP contribution in [0.15, 0.2) is 52.3 Å². The summed E-state index contributed by atoms with van der Waals surface area (Å²) < 4.78 is 27.7. The second-order valence-electron chi connectivity index (χ2n) is 8.92. The van der Waals surface area contributed by atoms with E-state index in [1.54, 1.807) is 30.5 Å².